The molecule has 0 radical (unpaired) electrons. The topological polar surface area (TPSA) is 60.3 Å². The van der Waals surface area contributed by atoms with Crippen molar-refractivity contribution in [2.75, 3.05) is 12.4 Å². The summed E-state index contributed by atoms with van der Waals surface area (Å²) in [6.45, 7) is 0.666. The number of hydrogen-bond acceptors (Lipinski definition) is 3. The van der Waals surface area contributed by atoms with Crippen LogP contribution >= 0.6 is 0 Å². The molecule has 0 saturated carbocycles. The second-order valence-corrected chi connectivity index (χ2v) is 7.09. The minimum atomic E-state index is -0.188. The fourth-order valence-corrected chi connectivity index (χ4v) is 4.23. The lowest BCUT2D eigenvalue weighted by Crippen LogP contribution is -2.31. The van der Waals surface area contributed by atoms with Crippen molar-refractivity contribution >= 4 is 11.6 Å². The smallest absolute Gasteiger partial charge is 0.261 e. The van der Waals surface area contributed by atoms with Crippen LogP contribution in [-0.2, 0) is 25.8 Å². The number of amides is 1. The summed E-state index contributed by atoms with van der Waals surface area (Å²) in [6, 6.07) is 7.55. The first-order valence-corrected chi connectivity index (χ1v) is 9.42. The van der Waals surface area contributed by atoms with Crippen molar-refractivity contribution in [3.63, 3.8) is 0 Å². The van der Waals surface area contributed by atoms with Gasteiger partial charge in [-0.25, -0.2) is 0 Å². The Hall–Kier alpha value is -2.56. The minimum Gasteiger partial charge on any atom is -0.496 e. The molecule has 1 aliphatic carbocycles. The van der Waals surface area contributed by atoms with E-state index in [4.69, 9.17) is 4.74 Å². The summed E-state index contributed by atoms with van der Waals surface area (Å²) in [5, 5.41) is 3.10. The molecule has 5 heteroatoms. The highest BCUT2D eigenvalue weighted by Crippen LogP contribution is 2.30. The summed E-state index contributed by atoms with van der Waals surface area (Å²) in [7, 11) is 1.51. The number of benzene rings is 1. The highest BCUT2D eigenvalue weighted by molar-refractivity contribution is 6.07. The van der Waals surface area contributed by atoms with Gasteiger partial charge in [-0.15, -0.1) is 0 Å². The zero-order chi connectivity index (χ0) is 18.1. The van der Waals surface area contributed by atoms with Crippen LogP contribution < -0.4 is 15.6 Å². The van der Waals surface area contributed by atoms with Gasteiger partial charge in [0.15, 0.2) is 0 Å². The maximum absolute atomic E-state index is 13.2. The molecule has 4 rings (SSSR count). The number of hydrogen-bond donors (Lipinski definition) is 1. The zero-order valence-electron chi connectivity index (χ0n) is 15.1. The number of nitrogens with one attached hydrogen (secondary N) is 1. The molecule has 1 amide bonds. The van der Waals surface area contributed by atoms with Gasteiger partial charge < -0.3 is 14.6 Å². The van der Waals surface area contributed by atoms with E-state index in [-0.39, 0.29) is 11.5 Å². The summed E-state index contributed by atoms with van der Waals surface area (Å²) in [5.41, 5.74) is 4.66. The normalized spacial score (nSPS) is 15.7. The molecule has 2 aromatic rings. The molecule has 0 fully saturated rings. The van der Waals surface area contributed by atoms with Crippen molar-refractivity contribution in [1.29, 1.82) is 0 Å². The number of aromatic nitrogens is 1. The number of aryl methyl sites for hydroxylation is 1. The first-order valence-electron chi connectivity index (χ1n) is 9.42. The third kappa shape index (κ3) is 2.91. The fourth-order valence-electron chi connectivity index (χ4n) is 4.23. The largest absolute Gasteiger partial charge is 0.496 e. The molecule has 0 spiro atoms. The molecular formula is C21H24N2O3. The molecular weight excluding hydrogens is 328 g/mol. The zero-order valence-corrected chi connectivity index (χ0v) is 15.1. The number of fused-ring (bicyclic) bond motifs is 2. The van der Waals surface area contributed by atoms with E-state index < -0.39 is 0 Å². The lowest BCUT2D eigenvalue weighted by atomic mass is 9.90. The predicted octanol–water partition coefficient (Wildman–Crippen LogP) is 3.32. The molecule has 2 aliphatic rings. The van der Waals surface area contributed by atoms with Crippen LogP contribution in [0.15, 0.2) is 29.1 Å². The Bertz CT molecular complexity index is 914. The average molecular weight is 352 g/mol. The van der Waals surface area contributed by atoms with Gasteiger partial charge in [0.1, 0.15) is 11.3 Å². The average Bonchev–Trinajstić information content (AvgIpc) is 2.68. The van der Waals surface area contributed by atoms with Crippen molar-refractivity contribution in [3.05, 3.63) is 57.0 Å². The molecule has 0 atom stereocenters. The van der Waals surface area contributed by atoms with Gasteiger partial charge in [0.2, 0.25) is 0 Å². The van der Waals surface area contributed by atoms with Gasteiger partial charge in [0.05, 0.1) is 7.11 Å². The monoisotopic (exact) mass is 352 g/mol. The standard InChI is InChI=1S/C21H24N2O3/c1-26-18-13-19(24)23-12-5-4-11-17(23)20(18)21(25)22-16-10-6-8-14-7-2-3-9-15(14)16/h6,8,10,13H,2-5,7,9,11-12H2,1H3,(H,22,25). The van der Waals surface area contributed by atoms with Crippen molar-refractivity contribution < 1.29 is 9.53 Å². The Balaban J connectivity index is 1.75. The maximum Gasteiger partial charge on any atom is 0.261 e. The van der Waals surface area contributed by atoms with Gasteiger partial charge in [-0.05, 0) is 62.1 Å². The molecule has 5 nitrogen and oxygen atoms in total. The Morgan fingerprint density at radius 1 is 1.12 bits per heavy atom. The Labute approximate surface area is 153 Å². The predicted molar refractivity (Wildman–Crippen MR) is 101 cm³/mol. The van der Waals surface area contributed by atoms with Crippen LogP contribution in [0.4, 0.5) is 5.69 Å². The molecule has 0 saturated heterocycles. The maximum atomic E-state index is 13.2. The van der Waals surface area contributed by atoms with E-state index in [1.54, 1.807) is 4.57 Å². The van der Waals surface area contributed by atoms with E-state index in [0.29, 0.717) is 17.9 Å². The first-order chi connectivity index (χ1) is 12.7. The van der Waals surface area contributed by atoms with Gasteiger partial charge in [-0.1, -0.05) is 12.1 Å². The Morgan fingerprint density at radius 3 is 2.77 bits per heavy atom. The molecule has 0 bridgehead atoms. The number of pyridine rings is 1. The highest BCUT2D eigenvalue weighted by atomic mass is 16.5. The fraction of sp³-hybridized carbons (Fsp3) is 0.429. The van der Waals surface area contributed by atoms with Crippen LogP contribution in [0.1, 0.15) is 52.9 Å². The molecule has 1 aromatic carbocycles. The number of methoxy groups -OCH3 is 1. The number of nitrogens with zero attached hydrogens (tertiary/aromatic N) is 1. The van der Waals surface area contributed by atoms with Crippen molar-refractivity contribution in [2.24, 2.45) is 0 Å². The summed E-state index contributed by atoms with van der Waals surface area (Å²) < 4.78 is 7.11. The second kappa shape index (κ2) is 6.98. The van der Waals surface area contributed by atoms with Crippen LogP contribution in [-0.4, -0.2) is 17.6 Å². The second-order valence-electron chi connectivity index (χ2n) is 7.09. The quantitative estimate of drug-likeness (QED) is 0.922. The molecule has 1 aromatic heterocycles. The SMILES string of the molecule is COc1cc(=O)n2c(c1C(=O)Nc1cccc3c1CCCC3)CCCC2. The van der Waals surface area contributed by atoms with Crippen LogP contribution in [0.25, 0.3) is 0 Å². The van der Waals surface area contributed by atoms with Crippen LogP contribution in [0.5, 0.6) is 5.75 Å². The number of rotatable bonds is 3. The van der Waals surface area contributed by atoms with Crippen LogP contribution in [0.2, 0.25) is 0 Å². The summed E-state index contributed by atoms with van der Waals surface area (Å²) in [6.07, 6.45) is 7.09. The Kier molecular flexibility index (Phi) is 4.53. The summed E-state index contributed by atoms with van der Waals surface area (Å²) in [4.78, 5) is 25.5. The number of ether oxygens (including phenoxy) is 1. The Morgan fingerprint density at radius 2 is 1.92 bits per heavy atom. The molecule has 2 heterocycles. The van der Waals surface area contributed by atoms with Crippen molar-refractivity contribution in [2.45, 2.75) is 51.5 Å². The van der Waals surface area contributed by atoms with Gasteiger partial charge >= 0.3 is 0 Å². The van der Waals surface area contributed by atoms with Crippen LogP contribution in [0, 0.1) is 0 Å². The summed E-state index contributed by atoms with van der Waals surface area (Å²) >= 11 is 0. The molecule has 26 heavy (non-hydrogen) atoms. The summed E-state index contributed by atoms with van der Waals surface area (Å²) in [5.74, 6) is 0.178. The number of anilines is 1. The van der Waals surface area contributed by atoms with E-state index in [0.717, 1.165) is 49.9 Å². The third-order valence-corrected chi connectivity index (χ3v) is 5.52. The van der Waals surface area contributed by atoms with Gasteiger partial charge in [0.25, 0.3) is 11.5 Å². The van der Waals surface area contributed by atoms with E-state index in [9.17, 15) is 9.59 Å². The van der Waals surface area contributed by atoms with Gasteiger partial charge in [-0.3, -0.25) is 9.59 Å². The number of carbonyl (C=O) groups excluding carboxylic acids is 1. The molecule has 0 unspecified atom stereocenters. The van der Waals surface area contributed by atoms with E-state index >= 15 is 0 Å². The molecule has 1 N–H and O–H groups in total. The van der Waals surface area contributed by atoms with Crippen LogP contribution in [0.3, 0.4) is 0 Å². The van der Waals surface area contributed by atoms with Gasteiger partial charge in [0, 0.05) is 24.0 Å². The lowest BCUT2D eigenvalue weighted by molar-refractivity contribution is 0.102. The highest BCUT2D eigenvalue weighted by Gasteiger charge is 2.25. The van der Waals surface area contributed by atoms with Crippen molar-refractivity contribution in [3.8, 4) is 5.75 Å². The third-order valence-electron chi connectivity index (χ3n) is 5.52. The molecule has 136 valence electrons. The number of carbonyl (C=O) groups is 1. The lowest BCUT2D eigenvalue weighted by Gasteiger charge is -2.24. The van der Waals surface area contributed by atoms with E-state index in [1.807, 2.05) is 12.1 Å². The van der Waals surface area contributed by atoms with E-state index in [1.165, 1.54) is 30.7 Å². The van der Waals surface area contributed by atoms with Gasteiger partial charge in [-0.2, -0.15) is 0 Å². The van der Waals surface area contributed by atoms with E-state index in [2.05, 4.69) is 11.4 Å². The molecule has 1 aliphatic heterocycles. The minimum absolute atomic E-state index is 0.0924. The van der Waals surface area contributed by atoms with Crippen molar-refractivity contribution in [1.82, 2.24) is 4.57 Å². The first kappa shape index (κ1) is 16.9.